The van der Waals surface area contributed by atoms with Crippen LogP contribution in [0.15, 0.2) is 17.8 Å². The normalized spacial score (nSPS) is 11.1. The van der Waals surface area contributed by atoms with Gasteiger partial charge in [0.15, 0.2) is 5.78 Å². The molecule has 0 bridgehead atoms. The monoisotopic (exact) mass is 375 g/mol. The maximum Gasteiger partial charge on any atom is 0.171 e. The van der Waals surface area contributed by atoms with Gasteiger partial charge >= 0.3 is 0 Å². The minimum absolute atomic E-state index is 0.104. The van der Waals surface area contributed by atoms with Crippen molar-refractivity contribution in [2.45, 2.75) is 26.8 Å². The van der Waals surface area contributed by atoms with E-state index in [0.717, 1.165) is 20.8 Å². The standard InChI is InChI=1S/C12H14IN3OS/c1-8(2)5-16-12(14-7-15-16)4-10(17)9-3-11(13)18-6-9/h3,6-8H,4-5H2,1-2H3. The van der Waals surface area contributed by atoms with E-state index in [4.69, 9.17) is 0 Å². The highest BCUT2D eigenvalue weighted by molar-refractivity contribution is 14.1. The van der Waals surface area contributed by atoms with Crippen molar-refractivity contribution in [2.24, 2.45) is 5.92 Å². The maximum absolute atomic E-state index is 12.1. The van der Waals surface area contributed by atoms with Crippen molar-refractivity contribution in [3.8, 4) is 0 Å². The molecule has 0 aliphatic carbocycles. The summed E-state index contributed by atoms with van der Waals surface area (Å²) in [6.45, 7) is 5.03. The Morgan fingerprint density at radius 1 is 1.56 bits per heavy atom. The van der Waals surface area contributed by atoms with E-state index >= 15 is 0 Å². The number of carbonyl (C=O) groups is 1. The number of thiophene rings is 1. The van der Waals surface area contributed by atoms with Crippen molar-refractivity contribution in [1.82, 2.24) is 14.8 Å². The molecule has 2 aromatic rings. The Hall–Kier alpha value is -0.760. The fraction of sp³-hybridized carbons (Fsp3) is 0.417. The summed E-state index contributed by atoms with van der Waals surface area (Å²) in [7, 11) is 0. The lowest BCUT2D eigenvalue weighted by atomic mass is 10.1. The van der Waals surface area contributed by atoms with E-state index < -0.39 is 0 Å². The van der Waals surface area contributed by atoms with E-state index in [1.165, 1.54) is 6.33 Å². The van der Waals surface area contributed by atoms with Crippen LogP contribution in [0, 0.1) is 8.80 Å². The third-order valence-corrected chi connectivity index (χ3v) is 4.23. The Balaban J connectivity index is 2.10. The molecule has 0 unspecified atom stereocenters. The van der Waals surface area contributed by atoms with E-state index in [0.29, 0.717) is 12.3 Å². The second kappa shape index (κ2) is 5.92. The van der Waals surface area contributed by atoms with Gasteiger partial charge in [0, 0.05) is 17.5 Å². The highest BCUT2D eigenvalue weighted by atomic mass is 127. The summed E-state index contributed by atoms with van der Waals surface area (Å²) in [5, 5.41) is 6.06. The van der Waals surface area contributed by atoms with Crippen molar-refractivity contribution in [3.05, 3.63) is 32.0 Å². The minimum atomic E-state index is 0.104. The molecule has 18 heavy (non-hydrogen) atoms. The molecule has 0 fully saturated rings. The van der Waals surface area contributed by atoms with Crippen LogP contribution in [0.5, 0.6) is 0 Å². The van der Waals surface area contributed by atoms with Crippen molar-refractivity contribution in [1.29, 1.82) is 0 Å². The van der Waals surface area contributed by atoms with Crippen LogP contribution in [-0.2, 0) is 13.0 Å². The van der Waals surface area contributed by atoms with Crippen LogP contribution >= 0.6 is 33.9 Å². The molecule has 2 heterocycles. The van der Waals surface area contributed by atoms with E-state index in [1.54, 1.807) is 11.3 Å². The van der Waals surface area contributed by atoms with Crippen molar-refractivity contribution in [3.63, 3.8) is 0 Å². The Labute approximate surface area is 124 Å². The molecule has 0 saturated heterocycles. The summed E-state index contributed by atoms with van der Waals surface area (Å²) in [6, 6.07) is 1.91. The molecule has 0 N–H and O–H groups in total. The Morgan fingerprint density at radius 2 is 2.33 bits per heavy atom. The third-order valence-electron chi connectivity index (χ3n) is 2.44. The Bertz CT molecular complexity index is 547. The molecular weight excluding hydrogens is 361 g/mol. The van der Waals surface area contributed by atoms with Gasteiger partial charge in [0.2, 0.25) is 0 Å². The molecule has 0 aromatic carbocycles. The van der Waals surface area contributed by atoms with Crippen LogP contribution < -0.4 is 0 Å². The van der Waals surface area contributed by atoms with Crippen LogP contribution in [0.3, 0.4) is 0 Å². The predicted molar refractivity (Wildman–Crippen MR) is 79.9 cm³/mol. The average molecular weight is 375 g/mol. The lowest BCUT2D eigenvalue weighted by Crippen LogP contribution is -2.14. The second-order valence-electron chi connectivity index (χ2n) is 4.49. The van der Waals surface area contributed by atoms with Crippen molar-refractivity contribution < 1.29 is 4.79 Å². The summed E-state index contributed by atoms with van der Waals surface area (Å²) in [5.74, 6) is 1.34. The smallest absolute Gasteiger partial charge is 0.171 e. The number of rotatable bonds is 5. The average Bonchev–Trinajstić information content (AvgIpc) is 2.88. The highest BCUT2D eigenvalue weighted by Crippen LogP contribution is 2.18. The van der Waals surface area contributed by atoms with Crippen LogP contribution in [-0.4, -0.2) is 20.5 Å². The quantitative estimate of drug-likeness (QED) is 0.596. The summed E-state index contributed by atoms with van der Waals surface area (Å²) >= 11 is 3.80. The lowest BCUT2D eigenvalue weighted by molar-refractivity contribution is 0.0989. The van der Waals surface area contributed by atoms with Crippen molar-refractivity contribution >= 4 is 39.7 Å². The summed E-state index contributed by atoms with van der Waals surface area (Å²) in [4.78, 5) is 16.3. The van der Waals surface area contributed by atoms with Gasteiger partial charge in [0.25, 0.3) is 0 Å². The van der Waals surface area contributed by atoms with E-state index in [9.17, 15) is 4.79 Å². The van der Waals surface area contributed by atoms with Gasteiger partial charge in [-0.15, -0.1) is 11.3 Å². The molecular formula is C12H14IN3OS. The van der Waals surface area contributed by atoms with Gasteiger partial charge in [-0.1, -0.05) is 13.8 Å². The topological polar surface area (TPSA) is 47.8 Å². The summed E-state index contributed by atoms with van der Waals surface area (Å²) < 4.78 is 2.94. The third kappa shape index (κ3) is 3.38. The predicted octanol–water partition coefficient (Wildman–Crippen LogP) is 3.03. The largest absolute Gasteiger partial charge is 0.294 e. The van der Waals surface area contributed by atoms with Gasteiger partial charge in [-0.25, -0.2) is 9.67 Å². The first-order valence-corrected chi connectivity index (χ1v) is 7.66. The molecule has 0 radical (unpaired) electrons. The molecule has 6 heteroatoms. The Morgan fingerprint density at radius 3 is 2.94 bits per heavy atom. The molecule has 0 saturated carbocycles. The van der Waals surface area contributed by atoms with Gasteiger partial charge in [-0.3, -0.25) is 4.79 Å². The lowest BCUT2D eigenvalue weighted by Gasteiger charge is -2.07. The van der Waals surface area contributed by atoms with Gasteiger partial charge in [0.05, 0.1) is 9.30 Å². The first kappa shape index (κ1) is 13.7. The number of aromatic nitrogens is 3. The van der Waals surface area contributed by atoms with E-state index in [-0.39, 0.29) is 5.78 Å². The molecule has 0 atom stereocenters. The van der Waals surface area contributed by atoms with E-state index in [2.05, 4.69) is 46.5 Å². The highest BCUT2D eigenvalue weighted by Gasteiger charge is 2.14. The zero-order chi connectivity index (χ0) is 13.1. The van der Waals surface area contributed by atoms with Gasteiger partial charge in [0.1, 0.15) is 12.2 Å². The van der Waals surface area contributed by atoms with Gasteiger partial charge in [-0.05, 0) is 34.6 Å². The first-order chi connectivity index (χ1) is 8.56. The molecule has 0 amide bonds. The van der Waals surface area contributed by atoms with Crippen LogP contribution in [0.4, 0.5) is 0 Å². The molecule has 0 aliphatic heterocycles. The first-order valence-electron chi connectivity index (χ1n) is 5.70. The zero-order valence-corrected chi connectivity index (χ0v) is 13.2. The Kier molecular flexibility index (Phi) is 4.50. The molecule has 2 aromatic heterocycles. The number of carbonyl (C=O) groups excluding carboxylic acids is 1. The number of Topliss-reactive ketones (excluding diaryl/α,β-unsaturated/α-hetero) is 1. The van der Waals surface area contributed by atoms with E-state index in [1.807, 2.05) is 16.1 Å². The maximum atomic E-state index is 12.1. The number of nitrogens with zero attached hydrogens (tertiary/aromatic N) is 3. The number of hydrogen-bond acceptors (Lipinski definition) is 4. The summed E-state index contributed by atoms with van der Waals surface area (Å²) in [6.07, 6.45) is 1.84. The van der Waals surface area contributed by atoms with Crippen LogP contribution in [0.1, 0.15) is 30.0 Å². The molecule has 2 rings (SSSR count). The number of hydrogen-bond donors (Lipinski definition) is 0. The molecule has 96 valence electrons. The number of halogens is 1. The van der Waals surface area contributed by atoms with Crippen LogP contribution in [0.2, 0.25) is 0 Å². The second-order valence-corrected chi connectivity index (χ2v) is 7.30. The molecule has 0 spiro atoms. The fourth-order valence-electron chi connectivity index (χ4n) is 1.63. The zero-order valence-electron chi connectivity index (χ0n) is 10.3. The summed E-state index contributed by atoms with van der Waals surface area (Å²) in [5.41, 5.74) is 0.767. The van der Waals surface area contributed by atoms with Gasteiger partial charge in [-0.2, -0.15) is 5.10 Å². The number of ketones is 1. The van der Waals surface area contributed by atoms with Crippen molar-refractivity contribution in [2.75, 3.05) is 0 Å². The van der Waals surface area contributed by atoms with Crippen LogP contribution in [0.25, 0.3) is 0 Å². The molecule has 4 nitrogen and oxygen atoms in total. The minimum Gasteiger partial charge on any atom is -0.294 e. The molecule has 0 aliphatic rings. The van der Waals surface area contributed by atoms with Gasteiger partial charge < -0.3 is 0 Å². The fourth-order valence-corrected chi connectivity index (χ4v) is 2.98. The SMILES string of the molecule is CC(C)Cn1ncnc1CC(=O)c1csc(I)c1.